The molecule has 1 aliphatic heterocycles. The molecule has 0 fully saturated rings. The van der Waals surface area contributed by atoms with Gasteiger partial charge in [-0.05, 0) is 42.5 Å². The van der Waals surface area contributed by atoms with Gasteiger partial charge in [-0.15, -0.1) is 4.28 Å². The maximum absolute atomic E-state index is 12.5. The molecule has 6 heteroatoms. The van der Waals surface area contributed by atoms with Crippen molar-refractivity contribution in [3.8, 4) is 0 Å². The van der Waals surface area contributed by atoms with E-state index in [2.05, 4.69) is 26.0 Å². The topological polar surface area (TPSA) is 46.6 Å². The number of para-hydroxylation sites is 1. The summed E-state index contributed by atoms with van der Waals surface area (Å²) >= 11 is 1.72. The van der Waals surface area contributed by atoms with Crippen molar-refractivity contribution in [1.29, 1.82) is 0 Å². The highest BCUT2D eigenvalue weighted by Gasteiger charge is 2.31. The average Bonchev–Trinajstić information content (AvgIpc) is 2.62. The summed E-state index contributed by atoms with van der Waals surface area (Å²) in [5, 5.41) is 1.57. The van der Waals surface area contributed by atoms with Crippen molar-refractivity contribution in [3.05, 3.63) is 47.5 Å². The van der Waals surface area contributed by atoms with Crippen LogP contribution in [0.25, 0.3) is 0 Å². The molecule has 0 amide bonds. The first-order chi connectivity index (χ1) is 13.0. The van der Waals surface area contributed by atoms with E-state index in [1.54, 1.807) is 16.8 Å². The van der Waals surface area contributed by atoms with Gasteiger partial charge in [0, 0.05) is 9.79 Å². The Morgan fingerprint density at radius 3 is 2.30 bits per heavy atom. The fourth-order valence-corrected chi connectivity index (χ4v) is 5.57. The van der Waals surface area contributed by atoms with E-state index in [4.69, 9.17) is 4.28 Å². The molecule has 146 valence electrons. The van der Waals surface area contributed by atoms with Gasteiger partial charge in [0.25, 0.3) is 10.1 Å². The van der Waals surface area contributed by atoms with Crippen molar-refractivity contribution in [2.24, 2.45) is 0 Å². The molecule has 2 aromatic rings. The van der Waals surface area contributed by atoms with E-state index in [-0.39, 0.29) is 5.75 Å². The molecule has 0 saturated carbocycles. The van der Waals surface area contributed by atoms with Crippen LogP contribution in [0.5, 0.6) is 0 Å². The molecule has 1 heterocycles. The summed E-state index contributed by atoms with van der Waals surface area (Å²) in [6, 6.07) is 12.2. The number of rotatable bonds is 8. The Kier molecular flexibility index (Phi) is 6.50. The molecule has 3 rings (SSSR count). The predicted octanol–water partition coefficient (Wildman–Crippen LogP) is 5.87. The first-order valence-electron chi connectivity index (χ1n) is 9.64. The van der Waals surface area contributed by atoms with Crippen molar-refractivity contribution < 1.29 is 12.7 Å². The van der Waals surface area contributed by atoms with E-state index < -0.39 is 10.1 Å². The Labute approximate surface area is 167 Å². The molecule has 2 aromatic carbocycles. The second-order valence-corrected chi connectivity index (χ2v) is 9.49. The second-order valence-electron chi connectivity index (χ2n) is 6.76. The Morgan fingerprint density at radius 1 is 0.926 bits per heavy atom. The molecule has 0 atom stereocenters. The summed E-state index contributed by atoms with van der Waals surface area (Å²) in [4.78, 5) is 2.14. The molecule has 0 N–H and O–H groups in total. The zero-order chi connectivity index (χ0) is 19.4. The SMILES string of the molecule is CCCc1cccc2c1Sc1cccc(CCC)c1N2OS(=O)(=O)CCC. The van der Waals surface area contributed by atoms with Gasteiger partial charge in [0.1, 0.15) is 0 Å². The number of nitrogens with zero attached hydrogens (tertiary/aromatic N) is 1. The van der Waals surface area contributed by atoms with Crippen molar-refractivity contribution in [3.63, 3.8) is 0 Å². The van der Waals surface area contributed by atoms with Gasteiger partial charge < -0.3 is 0 Å². The number of fused-ring (bicyclic) bond motifs is 2. The van der Waals surface area contributed by atoms with Crippen LogP contribution in [0.4, 0.5) is 11.4 Å². The number of benzene rings is 2. The molecular weight excluding hydrogens is 378 g/mol. The summed E-state index contributed by atoms with van der Waals surface area (Å²) in [5.74, 6) is 0.00586. The average molecular weight is 406 g/mol. The summed E-state index contributed by atoms with van der Waals surface area (Å²) in [7, 11) is -3.66. The van der Waals surface area contributed by atoms with Crippen LogP contribution in [0.3, 0.4) is 0 Å². The van der Waals surface area contributed by atoms with Crippen LogP contribution in [0.2, 0.25) is 0 Å². The van der Waals surface area contributed by atoms with Crippen LogP contribution in [-0.2, 0) is 27.2 Å². The highest BCUT2D eigenvalue weighted by Crippen LogP contribution is 2.51. The van der Waals surface area contributed by atoms with E-state index in [1.807, 2.05) is 31.2 Å². The van der Waals surface area contributed by atoms with Gasteiger partial charge in [0.2, 0.25) is 0 Å². The maximum Gasteiger partial charge on any atom is 0.288 e. The monoisotopic (exact) mass is 405 g/mol. The standard InChI is InChI=1S/C21H27NO3S2/c1-4-9-16-11-8-14-19-20(16)22(25-27(23,24)15-6-3)18-13-7-12-17(10-5-2)21(18)26-19/h7-8,11-14H,4-6,9-10,15H2,1-3H3. The summed E-state index contributed by atoms with van der Waals surface area (Å²) < 4.78 is 30.7. The van der Waals surface area contributed by atoms with E-state index in [1.165, 1.54) is 5.56 Å². The van der Waals surface area contributed by atoms with Gasteiger partial charge in [0.05, 0.1) is 17.1 Å². The molecule has 0 bridgehead atoms. The van der Waals surface area contributed by atoms with E-state index in [0.29, 0.717) is 6.42 Å². The first-order valence-corrected chi connectivity index (χ1v) is 12.0. The Balaban J connectivity index is 2.17. The van der Waals surface area contributed by atoms with Gasteiger partial charge in [-0.25, -0.2) is 5.06 Å². The van der Waals surface area contributed by atoms with E-state index in [9.17, 15) is 8.42 Å². The quantitative estimate of drug-likeness (QED) is 0.550. The molecule has 0 aliphatic carbocycles. The number of anilines is 2. The van der Waals surface area contributed by atoms with E-state index in [0.717, 1.165) is 52.4 Å². The van der Waals surface area contributed by atoms with Gasteiger partial charge in [-0.3, -0.25) is 0 Å². The van der Waals surface area contributed by atoms with Crippen molar-refractivity contribution in [1.82, 2.24) is 0 Å². The lowest BCUT2D eigenvalue weighted by Gasteiger charge is -2.33. The summed E-state index contributed by atoms with van der Waals surface area (Å²) in [5.41, 5.74) is 4.03. The third-order valence-electron chi connectivity index (χ3n) is 4.47. The van der Waals surface area contributed by atoms with Gasteiger partial charge in [0.15, 0.2) is 0 Å². The third kappa shape index (κ3) is 4.33. The number of hydrogen-bond donors (Lipinski definition) is 0. The Morgan fingerprint density at radius 2 is 1.59 bits per heavy atom. The van der Waals surface area contributed by atoms with Crippen LogP contribution in [-0.4, -0.2) is 14.2 Å². The molecule has 0 spiro atoms. The highest BCUT2D eigenvalue weighted by molar-refractivity contribution is 7.99. The molecular formula is C21H27NO3S2. The predicted molar refractivity (Wildman–Crippen MR) is 112 cm³/mol. The fourth-order valence-electron chi connectivity index (χ4n) is 3.38. The number of aryl methyl sites for hydroxylation is 2. The second kappa shape index (κ2) is 8.67. The maximum atomic E-state index is 12.5. The third-order valence-corrected chi connectivity index (χ3v) is 6.98. The van der Waals surface area contributed by atoms with Crippen molar-refractivity contribution in [2.45, 2.75) is 62.7 Å². The lowest BCUT2D eigenvalue weighted by molar-refractivity contribution is 0.318. The van der Waals surface area contributed by atoms with Gasteiger partial charge >= 0.3 is 0 Å². The van der Waals surface area contributed by atoms with E-state index >= 15 is 0 Å². The smallest absolute Gasteiger partial charge is 0.202 e. The van der Waals surface area contributed by atoms with Crippen LogP contribution in [0, 0.1) is 0 Å². The normalized spacial score (nSPS) is 13.4. The molecule has 27 heavy (non-hydrogen) atoms. The lowest BCUT2D eigenvalue weighted by Crippen LogP contribution is -2.28. The Hall–Kier alpha value is -1.50. The van der Waals surface area contributed by atoms with Crippen molar-refractivity contribution >= 4 is 33.3 Å². The molecule has 1 aliphatic rings. The molecule has 0 aromatic heterocycles. The van der Waals surface area contributed by atoms with Gasteiger partial charge in [-0.2, -0.15) is 8.42 Å². The fraction of sp³-hybridized carbons (Fsp3) is 0.429. The number of hydrogen-bond acceptors (Lipinski definition) is 5. The van der Waals surface area contributed by atoms with Crippen molar-refractivity contribution in [2.75, 3.05) is 10.8 Å². The zero-order valence-corrected chi connectivity index (χ0v) is 17.8. The van der Waals surface area contributed by atoms with Crippen LogP contribution in [0.1, 0.15) is 51.2 Å². The summed E-state index contributed by atoms with van der Waals surface area (Å²) in [6.07, 6.45) is 4.38. The molecule has 0 radical (unpaired) electrons. The van der Waals surface area contributed by atoms with Crippen LogP contribution < -0.4 is 5.06 Å². The van der Waals surface area contributed by atoms with Crippen LogP contribution >= 0.6 is 11.8 Å². The minimum atomic E-state index is -3.66. The first kappa shape index (κ1) is 20.2. The summed E-state index contributed by atoms with van der Waals surface area (Å²) in [6.45, 7) is 6.12. The van der Waals surface area contributed by atoms with Crippen LogP contribution in [0.15, 0.2) is 46.2 Å². The minimum Gasteiger partial charge on any atom is -0.202 e. The Bertz CT molecular complexity index is 910. The molecule has 4 nitrogen and oxygen atoms in total. The van der Waals surface area contributed by atoms with Gasteiger partial charge in [-0.1, -0.05) is 69.6 Å². The zero-order valence-electron chi connectivity index (χ0n) is 16.2. The lowest BCUT2D eigenvalue weighted by atomic mass is 10.1. The minimum absolute atomic E-state index is 0.00586. The highest BCUT2D eigenvalue weighted by atomic mass is 32.2. The molecule has 0 saturated heterocycles. The molecule has 0 unspecified atom stereocenters. The largest absolute Gasteiger partial charge is 0.288 e.